The molecule has 0 saturated carbocycles. The molecule has 0 fully saturated rings. The van der Waals surface area contributed by atoms with Crippen LogP contribution in [-0.2, 0) is 9.59 Å². The van der Waals surface area contributed by atoms with E-state index in [1.165, 1.54) is 11.8 Å². The molecule has 4 heteroatoms. The maximum Gasteiger partial charge on any atom is 0.236 e. The highest BCUT2D eigenvalue weighted by molar-refractivity contribution is 8.03. The van der Waals surface area contributed by atoms with E-state index in [2.05, 4.69) is 0 Å². The molecule has 1 aliphatic rings. The van der Waals surface area contributed by atoms with Crippen molar-refractivity contribution in [3.8, 4) is 0 Å². The molecule has 0 N–H and O–H groups in total. The lowest BCUT2D eigenvalue weighted by atomic mass is 9.95. The Morgan fingerprint density at radius 2 is 2.13 bits per heavy atom. The van der Waals surface area contributed by atoms with Crippen molar-refractivity contribution in [2.45, 2.75) is 27.7 Å². The molecule has 1 heterocycles. The van der Waals surface area contributed by atoms with Crippen molar-refractivity contribution in [1.29, 1.82) is 0 Å². The van der Waals surface area contributed by atoms with E-state index in [0.717, 1.165) is 5.03 Å². The van der Waals surface area contributed by atoms with Crippen molar-refractivity contribution < 1.29 is 9.59 Å². The van der Waals surface area contributed by atoms with Crippen molar-refractivity contribution in [3.05, 3.63) is 11.1 Å². The highest BCUT2D eigenvalue weighted by atomic mass is 32.2. The maximum atomic E-state index is 11.9. The van der Waals surface area contributed by atoms with E-state index in [1.807, 2.05) is 26.8 Å². The summed E-state index contributed by atoms with van der Waals surface area (Å²) in [7, 11) is 0. The van der Waals surface area contributed by atoms with Crippen LogP contribution in [0.3, 0.4) is 0 Å². The normalized spacial score (nSPS) is 19.3. The first-order chi connectivity index (χ1) is 6.88. The fourth-order valence-electron chi connectivity index (χ4n) is 1.49. The second-order valence-electron chi connectivity index (χ2n) is 4.24. The Bertz CT molecular complexity index is 321. The molecule has 0 atom stereocenters. The van der Waals surface area contributed by atoms with Gasteiger partial charge < -0.3 is 4.90 Å². The number of thioether (sulfide) groups is 1. The summed E-state index contributed by atoms with van der Waals surface area (Å²) < 4.78 is 0. The van der Waals surface area contributed by atoms with Gasteiger partial charge in [0.15, 0.2) is 0 Å². The zero-order valence-corrected chi connectivity index (χ0v) is 10.5. The van der Waals surface area contributed by atoms with Gasteiger partial charge in [0.1, 0.15) is 5.78 Å². The van der Waals surface area contributed by atoms with Gasteiger partial charge in [-0.1, -0.05) is 0 Å². The quantitative estimate of drug-likeness (QED) is 0.737. The minimum atomic E-state index is -0.421. The Morgan fingerprint density at radius 3 is 2.60 bits per heavy atom. The first kappa shape index (κ1) is 12.3. The van der Waals surface area contributed by atoms with Crippen molar-refractivity contribution in [2.24, 2.45) is 5.41 Å². The summed E-state index contributed by atoms with van der Waals surface area (Å²) in [5.74, 6) is 0.691. The van der Waals surface area contributed by atoms with Gasteiger partial charge in [0.2, 0.25) is 5.91 Å². The largest absolute Gasteiger partial charge is 0.307 e. The van der Waals surface area contributed by atoms with E-state index in [0.29, 0.717) is 12.3 Å². The number of ketones is 1. The fourth-order valence-corrected chi connectivity index (χ4v) is 2.59. The molecule has 3 nitrogen and oxygen atoms in total. The highest BCUT2D eigenvalue weighted by Gasteiger charge is 2.38. The Kier molecular flexibility index (Phi) is 3.60. The van der Waals surface area contributed by atoms with Gasteiger partial charge in [-0.25, -0.2) is 0 Å². The number of carbonyl (C=O) groups is 2. The summed E-state index contributed by atoms with van der Waals surface area (Å²) in [4.78, 5) is 24.5. The Morgan fingerprint density at radius 1 is 1.53 bits per heavy atom. The van der Waals surface area contributed by atoms with Crippen LogP contribution in [0, 0.1) is 5.41 Å². The number of amides is 1. The lowest BCUT2D eigenvalue weighted by Gasteiger charge is -2.20. The molecule has 1 amide bonds. The summed E-state index contributed by atoms with van der Waals surface area (Å²) >= 11 is 1.45. The second-order valence-corrected chi connectivity index (χ2v) is 5.24. The predicted molar refractivity (Wildman–Crippen MR) is 62.4 cm³/mol. The van der Waals surface area contributed by atoms with Gasteiger partial charge in [0, 0.05) is 6.54 Å². The third kappa shape index (κ3) is 2.62. The highest BCUT2D eigenvalue weighted by Crippen LogP contribution is 2.37. The van der Waals surface area contributed by atoms with Gasteiger partial charge >= 0.3 is 0 Å². The van der Waals surface area contributed by atoms with Crippen molar-refractivity contribution in [2.75, 3.05) is 12.3 Å². The molecule has 0 unspecified atom stereocenters. The van der Waals surface area contributed by atoms with E-state index >= 15 is 0 Å². The Balaban J connectivity index is 2.78. The van der Waals surface area contributed by atoms with E-state index < -0.39 is 5.41 Å². The average Bonchev–Trinajstić information content (AvgIpc) is 2.35. The summed E-state index contributed by atoms with van der Waals surface area (Å²) in [6.07, 6.45) is 1.95. The van der Waals surface area contributed by atoms with Crippen LogP contribution >= 0.6 is 11.8 Å². The van der Waals surface area contributed by atoms with Crippen LogP contribution < -0.4 is 0 Å². The number of nitrogens with zero attached hydrogens (tertiary/aromatic N) is 1. The fraction of sp³-hybridized carbons (Fsp3) is 0.636. The third-order valence-corrected chi connectivity index (χ3v) is 3.47. The van der Waals surface area contributed by atoms with Crippen LogP contribution in [0.15, 0.2) is 11.1 Å². The molecule has 0 spiro atoms. The van der Waals surface area contributed by atoms with Crippen molar-refractivity contribution >= 4 is 23.5 Å². The van der Waals surface area contributed by atoms with E-state index in [-0.39, 0.29) is 11.7 Å². The lowest BCUT2D eigenvalue weighted by molar-refractivity contribution is -0.133. The third-order valence-electron chi connectivity index (χ3n) is 2.29. The van der Waals surface area contributed by atoms with Crippen LogP contribution in [0.2, 0.25) is 0 Å². The molecule has 0 aromatic carbocycles. The molecule has 0 bridgehead atoms. The Hall–Kier alpha value is -0.770. The summed E-state index contributed by atoms with van der Waals surface area (Å²) in [6.45, 7) is 7.98. The number of Topliss-reactive ketones (excluding diaryl/α,β-unsaturated/α-hetero) is 1. The van der Waals surface area contributed by atoms with Gasteiger partial charge in [-0.05, 0) is 33.8 Å². The standard InChI is InChI=1S/C11H17NO2S/c1-5-12-9(15-7-8(2)13)6-11(3,4)10(12)14/h6H,5,7H2,1-4H3. The molecule has 84 valence electrons. The molecule has 0 aliphatic carbocycles. The van der Waals surface area contributed by atoms with Gasteiger partial charge in [-0.15, -0.1) is 11.8 Å². The lowest BCUT2D eigenvalue weighted by Crippen LogP contribution is -2.32. The molecule has 15 heavy (non-hydrogen) atoms. The molecule has 0 aromatic heterocycles. The zero-order valence-electron chi connectivity index (χ0n) is 9.66. The minimum absolute atomic E-state index is 0.121. The maximum absolute atomic E-state index is 11.9. The molecular weight excluding hydrogens is 210 g/mol. The van der Waals surface area contributed by atoms with E-state index in [4.69, 9.17) is 0 Å². The number of carbonyl (C=O) groups excluding carboxylic acids is 2. The first-order valence-corrected chi connectivity index (χ1v) is 6.04. The van der Waals surface area contributed by atoms with Gasteiger partial charge in [0.25, 0.3) is 0 Å². The van der Waals surface area contributed by atoms with E-state index in [9.17, 15) is 9.59 Å². The van der Waals surface area contributed by atoms with Crippen LogP contribution in [0.25, 0.3) is 0 Å². The second kappa shape index (κ2) is 4.39. The van der Waals surface area contributed by atoms with Gasteiger partial charge in [-0.2, -0.15) is 0 Å². The Labute approximate surface area is 94.9 Å². The predicted octanol–water partition coefficient (Wildman–Crippen LogP) is 2.04. The first-order valence-electron chi connectivity index (χ1n) is 5.05. The molecule has 1 rings (SSSR count). The van der Waals surface area contributed by atoms with Crippen molar-refractivity contribution in [1.82, 2.24) is 4.90 Å². The molecule has 0 aromatic rings. The van der Waals surface area contributed by atoms with Crippen LogP contribution in [-0.4, -0.2) is 28.9 Å². The van der Waals surface area contributed by atoms with Crippen LogP contribution in [0.4, 0.5) is 0 Å². The van der Waals surface area contributed by atoms with Crippen LogP contribution in [0.1, 0.15) is 27.7 Å². The van der Waals surface area contributed by atoms with Crippen LogP contribution in [0.5, 0.6) is 0 Å². The number of hydrogen-bond acceptors (Lipinski definition) is 3. The number of rotatable bonds is 4. The van der Waals surface area contributed by atoms with Gasteiger partial charge in [-0.3, -0.25) is 9.59 Å². The number of hydrogen-bond donors (Lipinski definition) is 0. The van der Waals surface area contributed by atoms with Crippen molar-refractivity contribution in [3.63, 3.8) is 0 Å². The van der Waals surface area contributed by atoms with Gasteiger partial charge in [0.05, 0.1) is 16.2 Å². The molecule has 0 saturated heterocycles. The summed E-state index contributed by atoms with van der Waals surface area (Å²) in [5.41, 5.74) is -0.421. The minimum Gasteiger partial charge on any atom is -0.307 e. The smallest absolute Gasteiger partial charge is 0.236 e. The summed E-state index contributed by atoms with van der Waals surface area (Å²) in [6, 6.07) is 0. The summed E-state index contributed by atoms with van der Waals surface area (Å²) in [5, 5.41) is 0.919. The topological polar surface area (TPSA) is 37.4 Å². The average molecular weight is 227 g/mol. The monoisotopic (exact) mass is 227 g/mol. The molecule has 1 aliphatic heterocycles. The SMILES string of the molecule is CCN1C(=O)C(C)(C)C=C1SCC(C)=O. The molecule has 0 radical (unpaired) electrons. The van der Waals surface area contributed by atoms with E-state index in [1.54, 1.807) is 11.8 Å². The zero-order chi connectivity index (χ0) is 11.6. The molecular formula is C11H17NO2S.